The Morgan fingerprint density at radius 3 is 2.50 bits per heavy atom. The van der Waals surface area contributed by atoms with Gasteiger partial charge in [0.1, 0.15) is 0 Å². The fraction of sp³-hybridized carbons (Fsp3) is 0.579. The molecule has 1 amide bonds. The summed E-state index contributed by atoms with van der Waals surface area (Å²) < 4.78 is 1.40. The lowest BCUT2D eigenvalue weighted by Crippen LogP contribution is -2.35. The van der Waals surface area contributed by atoms with E-state index < -0.39 is 11.2 Å². The molecule has 0 aliphatic carbocycles. The zero-order chi connectivity index (χ0) is 19.4. The molecule has 2 rings (SSSR count). The molecule has 0 fully saturated rings. The molecule has 0 radical (unpaired) electrons. The predicted molar refractivity (Wildman–Crippen MR) is 103 cm³/mol. The maximum atomic E-state index is 13.2. The highest BCUT2D eigenvalue weighted by Gasteiger charge is 2.23. The largest absolute Gasteiger partial charge is 0.339 e. The summed E-state index contributed by atoms with van der Waals surface area (Å²) in [4.78, 5) is 46.4. The molecule has 7 heteroatoms. The van der Waals surface area contributed by atoms with Crippen LogP contribution in [0, 0.1) is 0 Å². The molecule has 1 N–H and O–H groups in total. The molecule has 26 heavy (non-hydrogen) atoms. The van der Waals surface area contributed by atoms with E-state index in [1.165, 1.54) is 4.57 Å². The van der Waals surface area contributed by atoms with Crippen LogP contribution >= 0.6 is 0 Å². The van der Waals surface area contributed by atoms with Crippen LogP contribution in [-0.2, 0) is 6.54 Å². The van der Waals surface area contributed by atoms with Crippen LogP contribution in [-0.4, -0.2) is 38.4 Å². The summed E-state index contributed by atoms with van der Waals surface area (Å²) in [6.45, 7) is 11.3. The number of nitrogens with one attached hydrogen (secondary N) is 1. The maximum Gasteiger partial charge on any atom is 0.329 e. The van der Waals surface area contributed by atoms with Gasteiger partial charge in [0.05, 0.1) is 10.9 Å². The molecule has 0 saturated heterocycles. The molecule has 2 heterocycles. The summed E-state index contributed by atoms with van der Waals surface area (Å²) in [7, 11) is 0. The van der Waals surface area contributed by atoms with E-state index in [1.54, 1.807) is 11.0 Å². The van der Waals surface area contributed by atoms with Gasteiger partial charge in [-0.15, -0.1) is 0 Å². The van der Waals surface area contributed by atoms with Crippen molar-refractivity contribution in [3.05, 3.63) is 38.2 Å². The maximum absolute atomic E-state index is 13.2. The Morgan fingerprint density at radius 1 is 1.27 bits per heavy atom. The Morgan fingerprint density at radius 2 is 1.96 bits per heavy atom. The van der Waals surface area contributed by atoms with E-state index in [9.17, 15) is 14.4 Å². The van der Waals surface area contributed by atoms with E-state index in [0.717, 1.165) is 12.8 Å². The Balaban J connectivity index is 2.81. The van der Waals surface area contributed by atoms with Crippen LogP contribution < -0.4 is 11.2 Å². The van der Waals surface area contributed by atoms with Gasteiger partial charge in [0.15, 0.2) is 5.65 Å². The number of carbonyl (C=O) groups is 1. The number of hydrogen-bond donors (Lipinski definition) is 1. The fourth-order valence-electron chi connectivity index (χ4n) is 2.97. The molecule has 0 bridgehead atoms. The van der Waals surface area contributed by atoms with Gasteiger partial charge in [-0.2, -0.15) is 0 Å². The van der Waals surface area contributed by atoms with E-state index in [1.807, 2.05) is 27.7 Å². The van der Waals surface area contributed by atoms with Gasteiger partial charge in [-0.3, -0.25) is 19.1 Å². The number of aromatic amines is 1. The lowest BCUT2D eigenvalue weighted by Gasteiger charge is -2.22. The number of nitrogens with zero attached hydrogens (tertiary/aromatic N) is 3. The number of H-pyrrole nitrogens is 1. The van der Waals surface area contributed by atoms with Crippen molar-refractivity contribution >= 4 is 16.9 Å². The first-order valence-electron chi connectivity index (χ1n) is 9.32. The second kappa shape index (κ2) is 8.29. The number of pyridine rings is 1. The summed E-state index contributed by atoms with van der Waals surface area (Å²) in [5.74, 6) is -0.126. The number of aromatic nitrogens is 3. The van der Waals surface area contributed by atoms with Crippen molar-refractivity contribution in [2.75, 3.05) is 13.1 Å². The van der Waals surface area contributed by atoms with Crippen LogP contribution in [0.3, 0.4) is 0 Å². The standard InChI is InChI=1S/C19H28N4O3/c1-6-9-10-22(7-2)18(25)13-11-14(12(4)5)20-16-15(13)17(24)21-19(26)23(16)8-3/h11-12H,6-10H2,1-5H3,(H,21,24,26). The third kappa shape index (κ3) is 3.71. The summed E-state index contributed by atoms with van der Waals surface area (Å²) in [6.07, 6.45) is 1.88. The molecular weight excluding hydrogens is 332 g/mol. The number of fused-ring (bicyclic) bond motifs is 1. The molecule has 0 saturated carbocycles. The number of aryl methyl sites for hydroxylation is 1. The third-order valence-electron chi connectivity index (χ3n) is 4.56. The molecule has 0 aliphatic heterocycles. The molecule has 0 spiro atoms. The zero-order valence-electron chi connectivity index (χ0n) is 16.3. The van der Waals surface area contributed by atoms with Gasteiger partial charge in [-0.05, 0) is 32.3 Å². The van der Waals surface area contributed by atoms with Crippen LogP contribution in [0.5, 0.6) is 0 Å². The van der Waals surface area contributed by atoms with E-state index in [2.05, 4.69) is 16.9 Å². The van der Waals surface area contributed by atoms with Gasteiger partial charge in [-0.1, -0.05) is 27.2 Å². The number of unbranched alkanes of at least 4 members (excludes halogenated alkanes) is 1. The van der Waals surface area contributed by atoms with Crippen molar-refractivity contribution in [2.24, 2.45) is 0 Å². The quantitative estimate of drug-likeness (QED) is 0.822. The molecule has 0 unspecified atom stereocenters. The summed E-state index contributed by atoms with van der Waals surface area (Å²) in [5, 5.41) is 0.191. The second-order valence-corrected chi connectivity index (χ2v) is 6.69. The number of hydrogen-bond acceptors (Lipinski definition) is 4. The lowest BCUT2D eigenvalue weighted by atomic mass is 10.0. The molecule has 0 aliphatic rings. The van der Waals surface area contributed by atoms with Gasteiger partial charge >= 0.3 is 5.69 Å². The van der Waals surface area contributed by atoms with Gasteiger partial charge in [-0.25, -0.2) is 9.78 Å². The fourth-order valence-corrected chi connectivity index (χ4v) is 2.97. The van der Waals surface area contributed by atoms with Crippen LogP contribution in [0.15, 0.2) is 15.7 Å². The molecule has 0 aromatic carbocycles. The Labute approximate surface area is 153 Å². The average molecular weight is 360 g/mol. The zero-order valence-corrected chi connectivity index (χ0v) is 16.3. The van der Waals surface area contributed by atoms with Crippen LogP contribution in [0.2, 0.25) is 0 Å². The topological polar surface area (TPSA) is 88.1 Å². The average Bonchev–Trinajstić information content (AvgIpc) is 2.61. The van der Waals surface area contributed by atoms with Crippen LogP contribution in [0.4, 0.5) is 0 Å². The first kappa shape index (κ1) is 19.9. The van der Waals surface area contributed by atoms with Crippen molar-refractivity contribution in [1.29, 1.82) is 0 Å². The number of amides is 1. The lowest BCUT2D eigenvalue weighted by molar-refractivity contribution is 0.0764. The van der Waals surface area contributed by atoms with Crippen molar-refractivity contribution < 1.29 is 4.79 Å². The second-order valence-electron chi connectivity index (χ2n) is 6.69. The minimum Gasteiger partial charge on any atom is -0.339 e. The SMILES string of the molecule is CCCCN(CC)C(=O)c1cc(C(C)C)nc2c1c(=O)[nH]c(=O)n2CC. The molecule has 7 nitrogen and oxygen atoms in total. The number of rotatable bonds is 7. The van der Waals surface area contributed by atoms with E-state index in [4.69, 9.17) is 0 Å². The first-order chi connectivity index (χ1) is 12.3. The van der Waals surface area contributed by atoms with Crippen molar-refractivity contribution in [1.82, 2.24) is 19.4 Å². The summed E-state index contributed by atoms with van der Waals surface area (Å²) >= 11 is 0. The first-order valence-corrected chi connectivity index (χ1v) is 9.32. The molecule has 0 atom stereocenters. The van der Waals surface area contributed by atoms with Gasteiger partial charge < -0.3 is 4.90 Å². The van der Waals surface area contributed by atoms with Crippen molar-refractivity contribution in [3.63, 3.8) is 0 Å². The summed E-state index contributed by atoms with van der Waals surface area (Å²) in [6, 6.07) is 1.70. The monoisotopic (exact) mass is 360 g/mol. The van der Waals surface area contributed by atoms with Gasteiger partial charge in [0, 0.05) is 25.3 Å². The van der Waals surface area contributed by atoms with Crippen LogP contribution in [0.1, 0.15) is 69.4 Å². The predicted octanol–water partition coefficient (Wildman–Crippen LogP) is 2.49. The summed E-state index contributed by atoms with van der Waals surface area (Å²) in [5.41, 5.74) is 0.226. The van der Waals surface area contributed by atoms with E-state index in [-0.39, 0.29) is 22.9 Å². The van der Waals surface area contributed by atoms with Gasteiger partial charge in [0.2, 0.25) is 0 Å². The smallest absolute Gasteiger partial charge is 0.329 e. The van der Waals surface area contributed by atoms with Crippen molar-refractivity contribution in [3.8, 4) is 0 Å². The van der Waals surface area contributed by atoms with E-state index >= 15 is 0 Å². The minimum atomic E-state index is -0.563. The third-order valence-corrected chi connectivity index (χ3v) is 4.56. The minimum absolute atomic E-state index is 0.0661. The molecule has 142 valence electrons. The van der Waals surface area contributed by atoms with E-state index in [0.29, 0.717) is 30.9 Å². The van der Waals surface area contributed by atoms with Crippen molar-refractivity contribution in [2.45, 2.75) is 59.9 Å². The Kier molecular flexibility index (Phi) is 6.34. The Bertz CT molecular complexity index is 911. The molecular formula is C19H28N4O3. The van der Waals surface area contributed by atoms with Crippen LogP contribution in [0.25, 0.3) is 11.0 Å². The highest BCUT2D eigenvalue weighted by atomic mass is 16.2. The molecule has 2 aromatic heterocycles. The number of carbonyl (C=O) groups excluding carboxylic acids is 1. The molecule has 2 aromatic rings. The normalized spacial score (nSPS) is 11.3. The van der Waals surface area contributed by atoms with Gasteiger partial charge in [0.25, 0.3) is 11.5 Å². The Hall–Kier alpha value is -2.44. The highest BCUT2D eigenvalue weighted by molar-refractivity contribution is 6.05. The highest BCUT2D eigenvalue weighted by Crippen LogP contribution is 2.21.